The molecule has 3 N–H and O–H groups in total. The maximum Gasteiger partial charge on any atom is 0.314 e. The summed E-state index contributed by atoms with van der Waals surface area (Å²) in [5.41, 5.74) is 5.39. The molecule has 0 aromatic carbocycles. The van der Waals surface area contributed by atoms with Gasteiger partial charge in [-0.3, -0.25) is 4.79 Å². The van der Waals surface area contributed by atoms with Gasteiger partial charge in [0.05, 0.1) is 13.5 Å². The summed E-state index contributed by atoms with van der Waals surface area (Å²) in [5, 5.41) is 3.53. The van der Waals surface area contributed by atoms with Crippen molar-refractivity contribution < 1.29 is 14.3 Å². The molecule has 0 spiro atoms. The number of rotatable bonds is 5. The third-order valence-corrected chi connectivity index (χ3v) is 4.45. The molecule has 1 aliphatic heterocycles. The second-order valence-corrected chi connectivity index (χ2v) is 6.03. The second-order valence-electron chi connectivity index (χ2n) is 6.03. The Morgan fingerprint density at radius 1 is 1.30 bits per heavy atom. The zero-order valence-electron chi connectivity index (χ0n) is 12.1. The summed E-state index contributed by atoms with van der Waals surface area (Å²) in [6, 6.07) is -0.179. The molecule has 2 unspecified atom stereocenters. The van der Waals surface area contributed by atoms with Crippen LogP contribution in [0.3, 0.4) is 0 Å². The van der Waals surface area contributed by atoms with Crippen LogP contribution in [0.2, 0.25) is 0 Å². The number of piperidine rings is 1. The van der Waals surface area contributed by atoms with Crippen LogP contribution in [0.25, 0.3) is 0 Å². The molecule has 1 saturated heterocycles. The van der Waals surface area contributed by atoms with Crippen molar-refractivity contribution in [3.05, 3.63) is 0 Å². The van der Waals surface area contributed by atoms with Gasteiger partial charge in [0.25, 0.3) is 0 Å². The molecule has 0 radical (unpaired) electrons. The van der Waals surface area contributed by atoms with Gasteiger partial charge in [-0.2, -0.15) is 0 Å². The molecule has 0 aromatic heterocycles. The van der Waals surface area contributed by atoms with Crippen LogP contribution in [0.15, 0.2) is 0 Å². The fraction of sp³-hybridized carbons (Fsp3) is 0.857. The van der Waals surface area contributed by atoms with Gasteiger partial charge in [0, 0.05) is 19.1 Å². The summed E-state index contributed by atoms with van der Waals surface area (Å²) in [6.07, 6.45) is 5.17. The predicted octanol–water partition coefficient (Wildman–Crippen LogP) is 0.708. The molecule has 1 heterocycles. The Kier molecular flexibility index (Phi) is 5.23. The number of nitrogens with one attached hydrogen (secondary N) is 1. The van der Waals surface area contributed by atoms with Gasteiger partial charge in [-0.1, -0.05) is 6.42 Å². The monoisotopic (exact) mass is 283 g/mol. The van der Waals surface area contributed by atoms with E-state index in [-0.39, 0.29) is 17.9 Å². The molecule has 0 aromatic rings. The number of nitrogens with two attached hydrogens (primary N) is 1. The summed E-state index contributed by atoms with van der Waals surface area (Å²) >= 11 is 0. The van der Waals surface area contributed by atoms with Crippen LogP contribution < -0.4 is 11.1 Å². The van der Waals surface area contributed by atoms with Gasteiger partial charge in [-0.15, -0.1) is 0 Å². The molecule has 2 rings (SSSR count). The number of hydrogen-bond acceptors (Lipinski definition) is 4. The summed E-state index contributed by atoms with van der Waals surface area (Å²) in [4.78, 5) is 24.5. The lowest BCUT2D eigenvalue weighted by Gasteiger charge is -2.38. The molecule has 6 heteroatoms. The fourth-order valence-corrected chi connectivity index (χ4v) is 3.03. The van der Waals surface area contributed by atoms with Crippen molar-refractivity contribution >= 4 is 12.0 Å². The predicted molar refractivity (Wildman–Crippen MR) is 75.0 cm³/mol. The standard InChI is InChI=1S/C14H25N3O3/c1-20-13(18)6-11-5-12(9-17(8-11)14(15)19)16-7-10-3-2-4-10/h10-12,16H,2-9H2,1H3,(H2,15,19). The molecule has 20 heavy (non-hydrogen) atoms. The number of hydrogen-bond donors (Lipinski definition) is 2. The van der Waals surface area contributed by atoms with E-state index in [2.05, 4.69) is 5.32 Å². The quantitative estimate of drug-likeness (QED) is 0.728. The van der Waals surface area contributed by atoms with Crippen LogP contribution >= 0.6 is 0 Å². The minimum Gasteiger partial charge on any atom is -0.469 e. The SMILES string of the molecule is COC(=O)CC1CC(NCC2CCC2)CN(C(N)=O)C1. The Labute approximate surface area is 120 Å². The Morgan fingerprint density at radius 2 is 2.05 bits per heavy atom. The van der Waals surface area contributed by atoms with Gasteiger partial charge < -0.3 is 20.7 Å². The summed E-state index contributed by atoms with van der Waals surface area (Å²) in [7, 11) is 1.39. The van der Waals surface area contributed by atoms with Gasteiger partial charge >= 0.3 is 12.0 Å². The van der Waals surface area contributed by atoms with Gasteiger partial charge in [-0.05, 0) is 37.6 Å². The third kappa shape index (κ3) is 4.10. The van der Waals surface area contributed by atoms with Gasteiger partial charge in [0.2, 0.25) is 0 Å². The van der Waals surface area contributed by atoms with Crippen molar-refractivity contribution in [3.63, 3.8) is 0 Å². The number of carbonyl (C=O) groups excluding carboxylic acids is 2. The van der Waals surface area contributed by atoms with E-state index in [1.807, 2.05) is 0 Å². The normalized spacial score (nSPS) is 26.9. The van der Waals surface area contributed by atoms with Crippen molar-refractivity contribution in [1.29, 1.82) is 0 Å². The number of nitrogens with zero attached hydrogens (tertiary/aromatic N) is 1. The number of ether oxygens (including phenoxy) is 1. The first-order valence-corrected chi connectivity index (χ1v) is 7.43. The van der Waals surface area contributed by atoms with E-state index in [9.17, 15) is 9.59 Å². The minimum absolute atomic E-state index is 0.127. The topological polar surface area (TPSA) is 84.7 Å². The average Bonchev–Trinajstić information content (AvgIpc) is 2.36. The van der Waals surface area contributed by atoms with E-state index in [1.54, 1.807) is 4.90 Å². The first-order valence-electron chi connectivity index (χ1n) is 7.43. The zero-order valence-corrected chi connectivity index (χ0v) is 12.1. The Bertz CT molecular complexity index is 358. The number of methoxy groups -OCH3 is 1. The smallest absolute Gasteiger partial charge is 0.314 e. The van der Waals surface area contributed by atoms with E-state index >= 15 is 0 Å². The van der Waals surface area contributed by atoms with Crippen LogP contribution in [0, 0.1) is 11.8 Å². The van der Waals surface area contributed by atoms with Gasteiger partial charge in [0.15, 0.2) is 0 Å². The van der Waals surface area contributed by atoms with Crippen LogP contribution in [0.4, 0.5) is 4.79 Å². The van der Waals surface area contributed by atoms with Crippen LogP contribution in [-0.2, 0) is 9.53 Å². The lowest BCUT2D eigenvalue weighted by Crippen LogP contribution is -2.54. The molecule has 1 aliphatic carbocycles. The number of amides is 2. The lowest BCUT2D eigenvalue weighted by molar-refractivity contribution is -0.142. The number of primary amides is 1. The van der Waals surface area contributed by atoms with Crippen LogP contribution in [0.1, 0.15) is 32.1 Å². The summed E-state index contributed by atoms with van der Waals surface area (Å²) in [6.45, 7) is 2.19. The second kappa shape index (κ2) is 6.92. The Balaban J connectivity index is 1.85. The van der Waals surface area contributed by atoms with Gasteiger partial charge in [0.1, 0.15) is 0 Å². The van der Waals surface area contributed by atoms with E-state index in [4.69, 9.17) is 10.5 Å². The van der Waals surface area contributed by atoms with Crippen LogP contribution in [-0.4, -0.2) is 49.7 Å². The number of esters is 1. The van der Waals surface area contributed by atoms with E-state index in [0.717, 1.165) is 18.9 Å². The number of likely N-dealkylation sites (tertiary alicyclic amines) is 1. The molecule has 1 saturated carbocycles. The first kappa shape index (κ1) is 15.1. The van der Waals surface area contributed by atoms with Crippen molar-refractivity contribution in [2.75, 3.05) is 26.7 Å². The number of carbonyl (C=O) groups is 2. The van der Waals surface area contributed by atoms with E-state index < -0.39 is 6.03 Å². The molecule has 6 nitrogen and oxygen atoms in total. The van der Waals surface area contributed by atoms with Gasteiger partial charge in [-0.25, -0.2) is 4.79 Å². The number of urea groups is 1. The van der Waals surface area contributed by atoms with E-state index in [1.165, 1.54) is 26.4 Å². The molecule has 114 valence electrons. The van der Waals surface area contributed by atoms with Crippen molar-refractivity contribution in [3.8, 4) is 0 Å². The van der Waals surface area contributed by atoms with Crippen molar-refractivity contribution in [2.45, 2.75) is 38.1 Å². The van der Waals surface area contributed by atoms with Crippen molar-refractivity contribution in [1.82, 2.24) is 10.2 Å². The highest BCUT2D eigenvalue weighted by Gasteiger charge is 2.31. The highest BCUT2D eigenvalue weighted by Crippen LogP contribution is 2.26. The molecule has 2 fully saturated rings. The highest BCUT2D eigenvalue weighted by atomic mass is 16.5. The molecular formula is C14H25N3O3. The Hall–Kier alpha value is -1.30. The third-order valence-electron chi connectivity index (χ3n) is 4.45. The first-order chi connectivity index (χ1) is 9.58. The zero-order chi connectivity index (χ0) is 14.5. The molecule has 2 amide bonds. The Morgan fingerprint density at radius 3 is 2.60 bits per heavy atom. The van der Waals surface area contributed by atoms with E-state index in [0.29, 0.717) is 19.5 Å². The minimum atomic E-state index is -0.407. The molecule has 0 bridgehead atoms. The molecular weight excluding hydrogens is 258 g/mol. The largest absolute Gasteiger partial charge is 0.469 e. The van der Waals surface area contributed by atoms with Crippen molar-refractivity contribution in [2.24, 2.45) is 17.6 Å². The maximum absolute atomic E-state index is 11.4. The lowest BCUT2D eigenvalue weighted by atomic mass is 9.84. The summed E-state index contributed by atoms with van der Waals surface area (Å²) < 4.78 is 4.71. The van der Waals surface area contributed by atoms with Crippen LogP contribution in [0.5, 0.6) is 0 Å². The highest BCUT2D eigenvalue weighted by molar-refractivity contribution is 5.73. The fourth-order valence-electron chi connectivity index (χ4n) is 3.03. The molecule has 2 aliphatic rings. The summed E-state index contributed by atoms with van der Waals surface area (Å²) in [5.74, 6) is 0.680. The molecule has 2 atom stereocenters. The average molecular weight is 283 g/mol. The maximum atomic E-state index is 11.4.